The number of rotatable bonds is 4. The number of nitrogens with zero attached hydrogens (tertiary/aromatic N) is 3. The summed E-state index contributed by atoms with van der Waals surface area (Å²) < 4.78 is 0. The van der Waals surface area contributed by atoms with Gasteiger partial charge in [-0.1, -0.05) is 30.0 Å². The molecule has 1 aliphatic carbocycles. The third-order valence-electron chi connectivity index (χ3n) is 5.07. The van der Waals surface area contributed by atoms with E-state index in [1.807, 2.05) is 44.2 Å². The molecule has 0 unspecified atom stereocenters. The van der Waals surface area contributed by atoms with Crippen molar-refractivity contribution < 1.29 is 9.59 Å². The summed E-state index contributed by atoms with van der Waals surface area (Å²) in [5, 5.41) is 0.264. The summed E-state index contributed by atoms with van der Waals surface area (Å²) in [5.41, 5.74) is 9.34. The van der Waals surface area contributed by atoms with Crippen LogP contribution in [0.1, 0.15) is 20.8 Å². The Morgan fingerprint density at radius 2 is 1.73 bits per heavy atom. The van der Waals surface area contributed by atoms with Crippen molar-refractivity contribution >= 4 is 29.1 Å². The monoisotopic (exact) mass is 419 g/mol. The van der Waals surface area contributed by atoms with Crippen LogP contribution in [0.25, 0.3) is 0 Å². The van der Waals surface area contributed by atoms with Crippen LogP contribution >= 0.6 is 12.2 Å². The predicted molar refractivity (Wildman–Crippen MR) is 122 cm³/mol. The molecule has 3 aliphatic rings. The second-order valence-electron chi connectivity index (χ2n) is 6.79. The molecule has 2 amide bonds. The van der Waals surface area contributed by atoms with Crippen LogP contribution in [0.3, 0.4) is 0 Å². The van der Waals surface area contributed by atoms with E-state index in [0.29, 0.717) is 13.1 Å². The molecule has 3 rings (SSSR count). The molecule has 1 saturated heterocycles. The van der Waals surface area contributed by atoms with E-state index in [-0.39, 0.29) is 22.5 Å². The van der Waals surface area contributed by atoms with Gasteiger partial charge in [0, 0.05) is 31.8 Å². The van der Waals surface area contributed by atoms with Gasteiger partial charge < -0.3 is 4.90 Å². The maximum atomic E-state index is 12.8. The van der Waals surface area contributed by atoms with Gasteiger partial charge in [-0.25, -0.2) is 0 Å². The van der Waals surface area contributed by atoms with E-state index in [9.17, 15) is 9.59 Å². The van der Waals surface area contributed by atoms with Gasteiger partial charge in [-0.2, -0.15) is 0 Å². The molecule has 6 heteroatoms. The van der Waals surface area contributed by atoms with Gasteiger partial charge >= 0.3 is 0 Å². The minimum atomic E-state index is -0.359. The van der Waals surface area contributed by atoms with Crippen molar-refractivity contribution in [1.82, 2.24) is 14.7 Å². The van der Waals surface area contributed by atoms with Gasteiger partial charge in [0.1, 0.15) is 5.57 Å². The average molecular weight is 420 g/mol. The number of thiocarbonyl (C=S) groups is 1. The third kappa shape index (κ3) is 4.22. The molecular formula is C24H25N3O2S. The van der Waals surface area contributed by atoms with Crippen LogP contribution in [0.2, 0.25) is 0 Å². The third-order valence-corrected chi connectivity index (χ3v) is 5.51. The van der Waals surface area contributed by atoms with Crippen molar-refractivity contribution in [3.63, 3.8) is 0 Å². The molecule has 5 nitrogen and oxygen atoms in total. The SMILES string of the molecule is CCN1C/C=C\C(=C/C=C2C(=O)N(CC)C(=S)N(CC)C2=O)C2=C=C1/C=C\C=C=C2. The lowest BCUT2D eigenvalue weighted by Gasteiger charge is -2.35. The first kappa shape index (κ1) is 21.5. The van der Waals surface area contributed by atoms with Crippen LogP contribution in [-0.2, 0) is 9.59 Å². The van der Waals surface area contributed by atoms with Crippen molar-refractivity contribution in [2.45, 2.75) is 20.8 Å². The fourth-order valence-electron chi connectivity index (χ4n) is 3.40. The molecule has 0 N–H and O–H groups in total. The topological polar surface area (TPSA) is 43.9 Å². The number of hydrogen-bond acceptors (Lipinski definition) is 4. The molecule has 1 fully saturated rings. The molecule has 2 heterocycles. The van der Waals surface area contributed by atoms with Crippen molar-refractivity contribution in [3.05, 3.63) is 82.5 Å². The number of likely N-dealkylation sites (N-methyl/N-ethyl adjacent to an activating group) is 3. The summed E-state index contributed by atoms with van der Waals surface area (Å²) in [7, 11) is 0. The maximum Gasteiger partial charge on any atom is 0.265 e. The van der Waals surface area contributed by atoms with Crippen molar-refractivity contribution in [2.24, 2.45) is 0 Å². The zero-order valence-corrected chi connectivity index (χ0v) is 18.3. The van der Waals surface area contributed by atoms with Gasteiger partial charge in [0.05, 0.1) is 5.70 Å². The Morgan fingerprint density at radius 1 is 1.03 bits per heavy atom. The van der Waals surface area contributed by atoms with E-state index >= 15 is 0 Å². The molecule has 2 aliphatic heterocycles. The number of carbonyl (C=O) groups excluding carboxylic acids is 2. The Bertz CT molecular complexity index is 1000. The summed E-state index contributed by atoms with van der Waals surface area (Å²) in [6.07, 6.45) is 15.1. The minimum absolute atomic E-state index is 0.112. The molecular weight excluding hydrogens is 394 g/mol. The number of hydrogen-bond donors (Lipinski definition) is 0. The smallest absolute Gasteiger partial charge is 0.265 e. The largest absolute Gasteiger partial charge is 0.362 e. The highest BCUT2D eigenvalue weighted by molar-refractivity contribution is 7.80. The molecule has 0 saturated carbocycles. The Labute approximate surface area is 183 Å². The minimum Gasteiger partial charge on any atom is -0.362 e. The molecule has 0 radical (unpaired) electrons. The standard InChI is InChI=1S/C24H25N3O2S/c1-4-25-16-10-12-18(19-11-8-7-9-13-20(25)17-19)14-15-21-22(28)26(5-2)24(30)27(6-3)23(21)29/h7,9-15H,4-6,16H2,1-3H3/b12-10-,13-9-,18-14+. The van der Waals surface area contributed by atoms with Gasteiger partial charge in [-0.3, -0.25) is 19.4 Å². The van der Waals surface area contributed by atoms with Crippen molar-refractivity contribution in [2.75, 3.05) is 26.2 Å². The Kier molecular flexibility index (Phi) is 6.86. The predicted octanol–water partition coefficient (Wildman–Crippen LogP) is 3.42. The lowest BCUT2D eigenvalue weighted by atomic mass is 10.0. The van der Waals surface area contributed by atoms with Crippen LogP contribution in [0.4, 0.5) is 0 Å². The summed E-state index contributed by atoms with van der Waals surface area (Å²) in [4.78, 5) is 30.8. The molecule has 2 bridgehead atoms. The molecule has 154 valence electrons. The number of allylic oxidation sites excluding steroid dienone is 7. The Balaban J connectivity index is 2.09. The van der Waals surface area contributed by atoms with E-state index in [1.165, 1.54) is 9.80 Å². The second-order valence-corrected chi connectivity index (χ2v) is 7.15. The van der Waals surface area contributed by atoms with Crippen LogP contribution < -0.4 is 0 Å². The fourth-order valence-corrected chi connectivity index (χ4v) is 3.82. The first-order valence-corrected chi connectivity index (χ1v) is 10.5. The zero-order chi connectivity index (χ0) is 21.7. The van der Waals surface area contributed by atoms with E-state index < -0.39 is 0 Å². The quantitative estimate of drug-likeness (QED) is 0.303. The normalized spacial score (nSPS) is 22.4. The lowest BCUT2D eigenvalue weighted by Crippen LogP contribution is -2.55. The lowest BCUT2D eigenvalue weighted by molar-refractivity contribution is -0.133. The van der Waals surface area contributed by atoms with E-state index in [0.717, 1.165) is 29.9 Å². The van der Waals surface area contributed by atoms with Crippen molar-refractivity contribution in [3.8, 4) is 0 Å². The highest BCUT2D eigenvalue weighted by Crippen LogP contribution is 2.22. The fraction of sp³-hybridized carbons (Fsp3) is 0.292. The first-order chi connectivity index (χ1) is 14.5. The maximum absolute atomic E-state index is 12.8. The van der Waals surface area contributed by atoms with Crippen LogP contribution in [0.5, 0.6) is 0 Å². The number of carbonyl (C=O) groups is 2. The molecule has 0 aromatic carbocycles. The van der Waals surface area contributed by atoms with Gasteiger partial charge in [-0.05, 0) is 62.9 Å². The van der Waals surface area contributed by atoms with Crippen LogP contribution in [0.15, 0.2) is 82.5 Å². The van der Waals surface area contributed by atoms with E-state index in [4.69, 9.17) is 12.2 Å². The van der Waals surface area contributed by atoms with Gasteiger partial charge in [-0.15, -0.1) is 5.73 Å². The van der Waals surface area contributed by atoms with Gasteiger partial charge in [0.15, 0.2) is 5.11 Å². The van der Waals surface area contributed by atoms with Gasteiger partial charge in [0.2, 0.25) is 0 Å². The van der Waals surface area contributed by atoms with Crippen molar-refractivity contribution in [1.29, 1.82) is 0 Å². The molecule has 0 spiro atoms. The van der Waals surface area contributed by atoms with Crippen LogP contribution in [0, 0.1) is 0 Å². The average Bonchev–Trinajstić information content (AvgIpc) is 2.69. The van der Waals surface area contributed by atoms with Gasteiger partial charge in [0.25, 0.3) is 11.8 Å². The second kappa shape index (κ2) is 9.55. The first-order valence-electron chi connectivity index (χ1n) is 10.1. The number of amides is 2. The Hall–Kier alpha value is -3.17. The molecule has 30 heavy (non-hydrogen) atoms. The highest BCUT2D eigenvalue weighted by atomic mass is 32.1. The summed E-state index contributed by atoms with van der Waals surface area (Å²) in [5.74, 6) is -0.718. The summed E-state index contributed by atoms with van der Waals surface area (Å²) in [6, 6.07) is 0. The summed E-state index contributed by atoms with van der Waals surface area (Å²) in [6.45, 7) is 8.24. The van der Waals surface area contributed by atoms with E-state index in [1.54, 1.807) is 12.2 Å². The van der Waals surface area contributed by atoms with Crippen LogP contribution in [-0.4, -0.2) is 57.8 Å². The zero-order valence-electron chi connectivity index (χ0n) is 17.5. The molecule has 0 aromatic heterocycles. The van der Waals surface area contributed by atoms with E-state index in [2.05, 4.69) is 29.4 Å². The molecule has 0 atom stereocenters. The Morgan fingerprint density at radius 3 is 2.37 bits per heavy atom. The summed E-state index contributed by atoms with van der Waals surface area (Å²) >= 11 is 5.32. The highest BCUT2D eigenvalue weighted by Gasteiger charge is 2.37. The molecule has 0 aromatic rings.